The van der Waals surface area contributed by atoms with Crippen LogP contribution in [0.4, 0.5) is 4.39 Å². The van der Waals surface area contributed by atoms with Crippen LogP contribution in [0.15, 0.2) is 0 Å². The topological polar surface area (TPSA) is 17.1 Å². The highest BCUT2D eigenvalue weighted by Gasteiger charge is 2.58. The molecule has 0 bridgehead atoms. The Morgan fingerprint density at radius 2 is 1.73 bits per heavy atom. The number of halogens is 2. The molecule has 0 amide bonds. The number of rotatable bonds is 3. The Balaban J connectivity index is 0.000000948. The van der Waals surface area contributed by atoms with Gasteiger partial charge in [0.25, 0.3) is 0 Å². The van der Waals surface area contributed by atoms with E-state index in [-0.39, 0.29) is 12.1 Å². The molecule has 4 fully saturated rings. The van der Waals surface area contributed by atoms with Gasteiger partial charge in [-0.1, -0.05) is 36.7 Å². The van der Waals surface area contributed by atoms with E-state index < -0.39 is 0 Å². The van der Waals surface area contributed by atoms with Crippen LogP contribution in [0, 0.1) is 46.8 Å². The zero-order chi connectivity index (χ0) is 18.9. The number of hydrogen-bond donors (Lipinski definition) is 0. The maximum absolute atomic E-state index is 13.1. The van der Waals surface area contributed by atoms with E-state index in [1.165, 1.54) is 38.5 Å². The van der Waals surface area contributed by atoms with E-state index >= 15 is 0 Å². The first kappa shape index (κ1) is 20.8. The van der Waals surface area contributed by atoms with Gasteiger partial charge in [0.05, 0.1) is 12.0 Å². The van der Waals surface area contributed by atoms with Gasteiger partial charge in [-0.05, 0) is 98.7 Å². The summed E-state index contributed by atoms with van der Waals surface area (Å²) in [4.78, 5) is 12.4. The Hall–Kier alpha value is 0.0800. The predicted octanol–water partition coefficient (Wildman–Crippen LogP) is 6.83. The Kier molecular flexibility index (Phi) is 6.90. The molecule has 8 unspecified atom stereocenters. The monoisotopic (exact) mass is 428 g/mol. The summed E-state index contributed by atoms with van der Waals surface area (Å²) in [5.41, 5.74) is 0.259. The number of fused-ring (bicyclic) bond motifs is 5. The minimum atomic E-state index is -0.103. The van der Waals surface area contributed by atoms with E-state index in [1.54, 1.807) is 0 Å². The summed E-state index contributed by atoms with van der Waals surface area (Å²) in [6.45, 7) is 6.33. The summed E-state index contributed by atoms with van der Waals surface area (Å²) >= 11 is 3.41. The van der Waals surface area contributed by atoms with Gasteiger partial charge < -0.3 is 0 Å². The van der Waals surface area contributed by atoms with Crippen LogP contribution in [0.2, 0.25) is 0 Å². The van der Waals surface area contributed by atoms with Crippen molar-refractivity contribution in [2.75, 3.05) is 12.0 Å². The largest absolute Gasteiger partial charge is 0.298 e. The highest BCUT2D eigenvalue weighted by atomic mass is 79.9. The minimum Gasteiger partial charge on any atom is -0.298 e. The average molecular weight is 429 g/mol. The van der Waals surface area contributed by atoms with Gasteiger partial charge in [-0.2, -0.15) is 0 Å². The first-order chi connectivity index (χ1) is 12.6. The normalized spacial score (nSPS) is 47.0. The number of Topliss-reactive ketones (excluding diaryl/α,β-unsaturated/α-hetero) is 1. The molecule has 1 nitrogen and oxygen atoms in total. The van der Waals surface area contributed by atoms with Gasteiger partial charge in [0.1, 0.15) is 5.78 Å². The molecule has 0 saturated heterocycles. The van der Waals surface area contributed by atoms with Crippen molar-refractivity contribution in [2.24, 2.45) is 46.8 Å². The van der Waals surface area contributed by atoms with Gasteiger partial charge in [-0.25, -0.2) is 0 Å². The second-order valence-electron chi connectivity index (χ2n) is 9.54. The Morgan fingerprint density at radius 3 is 2.42 bits per heavy atom. The van der Waals surface area contributed by atoms with Crippen molar-refractivity contribution in [3.63, 3.8) is 0 Å². The van der Waals surface area contributed by atoms with Crippen LogP contribution in [0.1, 0.15) is 78.6 Å². The molecule has 0 radical (unpaired) electrons. The lowest BCUT2D eigenvalue weighted by molar-refractivity contribution is -0.127. The van der Waals surface area contributed by atoms with Gasteiger partial charge in [0.2, 0.25) is 0 Å². The molecule has 8 atom stereocenters. The smallest absolute Gasteiger partial charge is 0.147 e. The molecule has 0 heterocycles. The van der Waals surface area contributed by atoms with Crippen molar-refractivity contribution in [1.82, 2.24) is 0 Å². The van der Waals surface area contributed by atoms with E-state index in [9.17, 15) is 9.18 Å². The van der Waals surface area contributed by atoms with Gasteiger partial charge in [0.15, 0.2) is 0 Å². The minimum absolute atomic E-state index is 0.103. The van der Waals surface area contributed by atoms with Crippen molar-refractivity contribution in [3.05, 3.63) is 0 Å². The fourth-order valence-corrected chi connectivity index (χ4v) is 8.10. The first-order valence-corrected chi connectivity index (χ1v) is 12.3. The molecule has 0 N–H and O–H groups in total. The molecule has 0 aromatic rings. The number of carbonyl (C=O) groups is 1. The van der Waals surface area contributed by atoms with E-state index in [4.69, 9.17) is 0 Å². The molecule has 4 aliphatic carbocycles. The molecule has 0 aromatic carbocycles. The Labute approximate surface area is 168 Å². The van der Waals surface area contributed by atoms with E-state index in [0.717, 1.165) is 48.9 Å². The lowest BCUT2D eigenvalue weighted by atomic mass is 9.49. The maximum atomic E-state index is 13.1. The van der Waals surface area contributed by atoms with E-state index in [0.29, 0.717) is 22.9 Å². The van der Waals surface area contributed by atoms with Gasteiger partial charge in [0, 0.05) is 5.92 Å². The Morgan fingerprint density at radius 1 is 1.00 bits per heavy atom. The van der Waals surface area contributed by atoms with Crippen molar-refractivity contribution in [2.45, 2.75) is 78.6 Å². The van der Waals surface area contributed by atoms with E-state index in [2.05, 4.69) is 22.9 Å². The third kappa shape index (κ3) is 3.44. The Bertz CT molecular complexity index is 495. The third-order valence-electron chi connectivity index (χ3n) is 8.80. The molecule has 26 heavy (non-hydrogen) atoms. The van der Waals surface area contributed by atoms with Crippen LogP contribution < -0.4 is 0 Å². The van der Waals surface area contributed by atoms with Crippen LogP contribution in [0.5, 0.6) is 0 Å². The molecule has 0 aliphatic heterocycles. The summed E-state index contributed by atoms with van der Waals surface area (Å²) in [7, 11) is 0. The SMILES string of the molecule is CC.CC12CCC3C4CCC(CF)CC4CCC3C1CCC2C(=O)CBr. The predicted molar refractivity (Wildman–Crippen MR) is 110 cm³/mol. The standard InChI is InChI=1S/C21H32BrFO.C2H6/c1-21-9-8-16-15-4-2-13(12-23)10-14(15)3-5-17(16)18(21)6-7-19(21)20(24)11-22;1-2/h13-19H,2-12H2,1H3;1-2H3. The second-order valence-corrected chi connectivity index (χ2v) is 10.1. The molecule has 0 aromatic heterocycles. The average Bonchev–Trinajstić information content (AvgIpc) is 3.05. The molecule has 4 rings (SSSR count). The van der Waals surface area contributed by atoms with Gasteiger partial charge in [-0.15, -0.1) is 0 Å². The fraction of sp³-hybridized carbons (Fsp3) is 0.957. The van der Waals surface area contributed by atoms with Gasteiger partial charge in [-0.3, -0.25) is 9.18 Å². The van der Waals surface area contributed by atoms with Crippen LogP contribution in [-0.4, -0.2) is 17.8 Å². The zero-order valence-electron chi connectivity index (χ0n) is 17.0. The molecular weight excluding hydrogens is 391 g/mol. The fourth-order valence-electron chi connectivity index (χ4n) is 7.71. The highest BCUT2D eigenvalue weighted by Crippen LogP contribution is 2.64. The number of alkyl halides is 2. The van der Waals surface area contributed by atoms with Gasteiger partial charge >= 0.3 is 0 Å². The number of carbonyl (C=O) groups excluding carboxylic acids is 1. The van der Waals surface area contributed by atoms with Crippen molar-refractivity contribution in [3.8, 4) is 0 Å². The van der Waals surface area contributed by atoms with Crippen molar-refractivity contribution < 1.29 is 9.18 Å². The summed E-state index contributed by atoms with van der Waals surface area (Å²) in [6, 6.07) is 0. The third-order valence-corrected chi connectivity index (χ3v) is 9.35. The van der Waals surface area contributed by atoms with Crippen LogP contribution in [-0.2, 0) is 4.79 Å². The summed E-state index contributed by atoms with van der Waals surface area (Å²) in [5.74, 6) is 5.24. The van der Waals surface area contributed by atoms with Crippen LogP contribution in [0.3, 0.4) is 0 Å². The number of hydrogen-bond acceptors (Lipinski definition) is 1. The molecule has 150 valence electrons. The molecule has 4 saturated carbocycles. The van der Waals surface area contributed by atoms with E-state index in [1.807, 2.05) is 13.8 Å². The molecular formula is C23H38BrFO. The molecule has 4 aliphatic rings. The summed E-state index contributed by atoms with van der Waals surface area (Å²) < 4.78 is 13.1. The van der Waals surface area contributed by atoms with Crippen LogP contribution >= 0.6 is 15.9 Å². The molecule has 3 heteroatoms. The summed E-state index contributed by atoms with van der Waals surface area (Å²) in [6.07, 6.45) is 11.2. The zero-order valence-corrected chi connectivity index (χ0v) is 18.6. The quantitative estimate of drug-likeness (QED) is 0.450. The van der Waals surface area contributed by atoms with Crippen molar-refractivity contribution >= 4 is 21.7 Å². The lowest BCUT2D eigenvalue weighted by Crippen LogP contribution is -2.49. The summed E-state index contributed by atoms with van der Waals surface area (Å²) in [5, 5.41) is 0.531. The van der Waals surface area contributed by atoms with Crippen molar-refractivity contribution in [1.29, 1.82) is 0 Å². The van der Waals surface area contributed by atoms with Crippen LogP contribution in [0.25, 0.3) is 0 Å². The lowest BCUT2D eigenvalue weighted by Gasteiger charge is -2.56. The molecule has 0 spiro atoms. The highest BCUT2D eigenvalue weighted by molar-refractivity contribution is 9.09. The second kappa shape index (κ2) is 8.62. The maximum Gasteiger partial charge on any atom is 0.147 e. The number of ketones is 1. The first-order valence-electron chi connectivity index (χ1n) is 11.2.